The van der Waals surface area contributed by atoms with E-state index in [1.165, 1.54) is 19.3 Å². The quantitative estimate of drug-likeness (QED) is 0.822. The van der Waals surface area contributed by atoms with Crippen LogP contribution in [0, 0.1) is 17.3 Å². The maximum atomic E-state index is 13.0. The Labute approximate surface area is 152 Å². The highest BCUT2D eigenvalue weighted by atomic mass is 16.2. The molecule has 2 aliphatic carbocycles. The highest BCUT2D eigenvalue weighted by molar-refractivity contribution is 5.88. The largest absolute Gasteiger partial charge is 0.351 e. The van der Waals surface area contributed by atoms with Crippen molar-refractivity contribution in [1.82, 2.24) is 10.2 Å². The van der Waals surface area contributed by atoms with E-state index in [0.717, 1.165) is 32.2 Å². The molecule has 142 valence electrons. The molecule has 0 aromatic rings. The van der Waals surface area contributed by atoms with Crippen molar-refractivity contribution in [1.29, 1.82) is 0 Å². The lowest BCUT2D eigenvalue weighted by molar-refractivity contribution is -0.140. The Morgan fingerprint density at radius 3 is 2.32 bits per heavy atom. The van der Waals surface area contributed by atoms with Crippen LogP contribution in [0.3, 0.4) is 0 Å². The lowest BCUT2D eigenvalue weighted by Crippen LogP contribution is -2.57. The van der Waals surface area contributed by atoms with Gasteiger partial charge in [0.25, 0.3) is 0 Å². The van der Waals surface area contributed by atoms with Crippen molar-refractivity contribution in [2.45, 2.75) is 90.3 Å². The molecule has 2 saturated carbocycles. The highest BCUT2D eigenvalue weighted by Crippen LogP contribution is 2.40. The fraction of sp³-hybridized carbons (Fsp3) is 0.900. The molecule has 3 fully saturated rings. The number of hydrogen-bond donors (Lipinski definition) is 2. The SMILES string of the molecule is CC(C)(C)CC(=O)N1CCCC1C(=O)NC1C2CCCC1CC(N)C2. The summed E-state index contributed by atoms with van der Waals surface area (Å²) in [6.07, 6.45) is 7.88. The zero-order valence-electron chi connectivity index (χ0n) is 16.1. The molecule has 3 unspecified atom stereocenters. The molecule has 0 aromatic carbocycles. The maximum absolute atomic E-state index is 13.0. The van der Waals surface area contributed by atoms with Gasteiger partial charge in [-0.15, -0.1) is 0 Å². The first-order valence-corrected chi connectivity index (χ1v) is 10.1. The van der Waals surface area contributed by atoms with Gasteiger partial charge in [-0.05, 0) is 55.8 Å². The average molecular weight is 350 g/mol. The molecule has 1 saturated heterocycles. The number of hydrogen-bond acceptors (Lipinski definition) is 3. The molecule has 3 aliphatic rings. The molecule has 5 nitrogen and oxygen atoms in total. The van der Waals surface area contributed by atoms with E-state index >= 15 is 0 Å². The smallest absolute Gasteiger partial charge is 0.243 e. The van der Waals surface area contributed by atoms with Crippen molar-refractivity contribution in [3.05, 3.63) is 0 Å². The van der Waals surface area contributed by atoms with Crippen LogP contribution < -0.4 is 11.1 Å². The molecule has 3 atom stereocenters. The average Bonchev–Trinajstić information content (AvgIpc) is 2.96. The van der Waals surface area contributed by atoms with Crippen LogP contribution in [0.2, 0.25) is 0 Å². The van der Waals surface area contributed by atoms with Crippen LogP contribution in [0.5, 0.6) is 0 Å². The summed E-state index contributed by atoms with van der Waals surface area (Å²) in [6, 6.07) is 0.284. The summed E-state index contributed by atoms with van der Waals surface area (Å²) in [5, 5.41) is 3.34. The second kappa shape index (κ2) is 7.26. The lowest BCUT2D eigenvalue weighted by atomic mass is 9.67. The summed E-state index contributed by atoms with van der Waals surface area (Å²) in [7, 11) is 0. The van der Waals surface area contributed by atoms with Crippen LogP contribution >= 0.6 is 0 Å². The zero-order chi connectivity index (χ0) is 18.2. The summed E-state index contributed by atoms with van der Waals surface area (Å²) in [5.41, 5.74) is 6.15. The molecule has 0 radical (unpaired) electrons. The van der Waals surface area contributed by atoms with Gasteiger partial charge in [0, 0.05) is 25.0 Å². The summed E-state index contributed by atoms with van der Waals surface area (Å²) >= 11 is 0. The van der Waals surface area contributed by atoms with E-state index in [-0.39, 0.29) is 29.3 Å². The summed E-state index contributed by atoms with van der Waals surface area (Å²) in [5.74, 6) is 1.23. The molecule has 1 heterocycles. The molecule has 2 amide bonds. The molecule has 0 spiro atoms. The first-order chi connectivity index (χ1) is 11.7. The Morgan fingerprint density at radius 1 is 1.08 bits per heavy atom. The zero-order valence-corrected chi connectivity index (χ0v) is 16.1. The third-order valence-electron chi connectivity index (χ3n) is 6.24. The van der Waals surface area contributed by atoms with Crippen LogP contribution in [0.25, 0.3) is 0 Å². The Bertz CT molecular complexity index is 500. The number of fused-ring (bicyclic) bond motifs is 2. The first kappa shape index (κ1) is 18.7. The maximum Gasteiger partial charge on any atom is 0.243 e. The van der Waals surface area contributed by atoms with Crippen molar-refractivity contribution >= 4 is 11.8 Å². The van der Waals surface area contributed by atoms with Crippen molar-refractivity contribution < 1.29 is 9.59 Å². The minimum atomic E-state index is -0.272. The molecule has 5 heteroatoms. The summed E-state index contributed by atoms with van der Waals surface area (Å²) in [4.78, 5) is 27.4. The third kappa shape index (κ3) is 4.36. The molecule has 2 bridgehead atoms. The summed E-state index contributed by atoms with van der Waals surface area (Å²) < 4.78 is 0. The van der Waals surface area contributed by atoms with Gasteiger partial charge in [-0.25, -0.2) is 0 Å². The van der Waals surface area contributed by atoms with Gasteiger partial charge < -0.3 is 16.0 Å². The molecule has 25 heavy (non-hydrogen) atoms. The van der Waals surface area contributed by atoms with Gasteiger partial charge in [-0.3, -0.25) is 9.59 Å². The Kier molecular flexibility index (Phi) is 5.42. The topological polar surface area (TPSA) is 75.4 Å². The van der Waals surface area contributed by atoms with Crippen LogP contribution in [0.4, 0.5) is 0 Å². The summed E-state index contributed by atoms with van der Waals surface area (Å²) in [6.45, 7) is 6.93. The van der Waals surface area contributed by atoms with Crippen LogP contribution in [-0.2, 0) is 9.59 Å². The first-order valence-electron chi connectivity index (χ1n) is 10.1. The van der Waals surface area contributed by atoms with Crippen LogP contribution in [0.1, 0.15) is 72.1 Å². The second-order valence-corrected chi connectivity index (χ2v) is 9.70. The molecule has 1 aliphatic heterocycles. The fourth-order valence-corrected chi connectivity index (χ4v) is 5.18. The van der Waals surface area contributed by atoms with Crippen molar-refractivity contribution in [3.63, 3.8) is 0 Å². The predicted octanol–water partition coefficient (Wildman–Crippen LogP) is 2.44. The number of nitrogens with zero attached hydrogens (tertiary/aromatic N) is 1. The normalized spacial score (nSPS) is 35.5. The number of carbonyl (C=O) groups excluding carboxylic acids is 2. The number of likely N-dealkylation sites (tertiary alicyclic amines) is 1. The predicted molar refractivity (Wildman–Crippen MR) is 98.8 cm³/mol. The Balaban J connectivity index is 1.63. The molecular weight excluding hydrogens is 314 g/mol. The van der Waals surface area contributed by atoms with E-state index in [9.17, 15) is 9.59 Å². The van der Waals surface area contributed by atoms with Gasteiger partial charge in [-0.1, -0.05) is 27.2 Å². The monoisotopic (exact) mass is 349 g/mol. The van der Waals surface area contributed by atoms with Crippen molar-refractivity contribution in [3.8, 4) is 0 Å². The van der Waals surface area contributed by atoms with Gasteiger partial charge in [0.15, 0.2) is 0 Å². The molecule has 3 N–H and O–H groups in total. The van der Waals surface area contributed by atoms with Crippen LogP contribution in [-0.4, -0.2) is 41.4 Å². The van der Waals surface area contributed by atoms with Crippen molar-refractivity contribution in [2.75, 3.05) is 6.54 Å². The number of rotatable bonds is 3. The van der Waals surface area contributed by atoms with Gasteiger partial charge in [0.05, 0.1) is 0 Å². The molecule has 3 rings (SSSR count). The number of amides is 2. The van der Waals surface area contributed by atoms with E-state index in [1.54, 1.807) is 0 Å². The highest BCUT2D eigenvalue weighted by Gasteiger charge is 2.42. The minimum absolute atomic E-state index is 0.0444. The van der Waals surface area contributed by atoms with Crippen LogP contribution in [0.15, 0.2) is 0 Å². The third-order valence-corrected chi connectivity index (χ3v) is 6.24. The number of nitrogens with two attached hydrogens (primary N) is 1. The Hall–Kier alpha value is -1.10. The van der Waals surface area contributed by atoms with Gasteiger partial charge in [0.1, 0.15) is 6.04 Å². The van der Waals surface area contributed by atoms with E-state index < -0.39 is 0 Å². The standard InChI is InChI=1S/C20H35N3O2/c1-20(2,3)12-17(24)23-9-5-8-16(23)19(25)22-18-13-6-4-7-14(18)11-15(21)10-13/h13-16,18H,4-12,21H2,1-3H3,(H,22,25). The van der Waals surface area contributed by atoms with E-state index in [2.05, 4.69) is 26.1 Å². The van der Waals surface area contributed by atoms with Crippen molar-refractivity contribution in [2.24, 2.45) is 23.0 Å². The van der Waals surface area contributed by atoms with E-state index in [1.807, 2.05) is 4.90 Å². The lowest BCUT2D eigenvalue weighted by Gasteiger charge is -2.45. The van der Waals surface area contributed by atoms with E-state index in [0.29, 0.717) is 24.3 Å². The minimum Gasteiger partial charge on any atom is -0.351 e. The second-order valence-electron chi connectivity index (χ2n) is 9.70. The number of carbonyl (C=O) groups is 2. The molecule has 0 aromatic heterocycles. The van der Waals surface area contributed by atoms with Gasteiger partial charge in [0.2, 0.25) is 11.8 Å². The van der Waals surface area contributed by atoms with E-state index in [4.69, 9.17) is 5.73 Å². The van der Waals surface area contributed by atoms with Gasteiger partial charge >= 0.3 is 0 Å². The Morgan fingerprint density at radius 2 is 1.72 bits per heavy atom. The fourth-order valence-electron chi connectivity index (χ4n) is 5.18. The molecular formula is C20H35N3O2. The number of nitrogens with one attached hydrogen (secondary N) is 1. The van der Waals surface area contributed by atoms with Gasteiger partial charge in [-0.2, -0.15) is 0 Å².